The van der Waals surface area contributed by atoms with Crippen LogP contribution in [0.25, 0.3) is 0 Å². The normalized spacial score (nSPS) is 22.9. The molecule has 0 saturated carbocycles. The molecule has 0 aromatic heterocycles. The van der Waals surface area contributed by atoms with E-state index in [1.807, 2.05) is 6.92 Å². The van der Waals surface area contributed by atoms with E-state index >= 15 is 0 Å². The van der Waals surface area contributed by atoms with Gasteiger partial charge in [0.05, 0.1) is 5.25 Å². The summed E-state index contributed by atoms with van der Waals surface area (Å²) in [6.07, 6.45) is 4.86. The number of nitrogens with two attached hydrogens (primary N) is 1. The minimum Gasteiger partial charge on any atom is -0.329 e. The predicted octanol–water partition coefficient (Wildman–Crippen LogP) is 1.96. The number of hydrogen-bond donors (Lipinski definition) is 1. The van der Waals surface area contributed by atoms with Crippen molar-refractivity contribution in [3.8, 4) is 0 Å². The average molecular weight is 276 g/mol. The van der Waals surface area contributed by atoms with Gasteiger partial charge in [-0.3, -0.25) is 0 Å². The van der Waals surface area contributed by atoms with Crippen molar-refractivity contribution in [2.24, 2.45) is 11.1 Å². The fourth-order valence-corrected chi connectivity index (χ4v) is 4.66. The second-order valence-corrected chi connectivity index (χ2v) is 7.63. The summed E-state index contributed by atoms with van der Waals surface area (Å²) in [5.74, 6) is 0. The first-order valence-corrected chi connectivity index (χ1v) is 8.65. The van der Waals surface area contributed by atoms with Crippen LogP contribution in [-0.2, 0) is 10.0 Å². The first-order valence-electron chi connectivity index (χ1n) is 7.14. The zero-order chi connectivity index (χ0) is 13.8. The minimum absolute atomic E-state index is 0.224. The molecule has 1 fully saturated rings. The highest BCUT2D eigenvalue weighted by Gasteiger charge is 2.37. The van der Waals surface area contributed by atoms with E-state index in [4.69, 9.17) is 5.73 Å². The first kappa shape index (κ1) is 15.9. The summed E-state index contributed by atoms with van der Waals surface area (Å²) in [6, 6.07) is 0. The molecule has 108 valence electrons. The second kappa shape index (κ2) is 6.35. The maximum atomic E-state index is 12.4. The van der Waals surface area contributed by atoms with Gasteiger partial charge in [0.1, 0.15) is 0 Å². The molecule has 4 nitrogen and oxygen atoms in total. The van der Waals surface area contributed by atoms with Crippen LogP contribution >= 0.6 is 0 Å². The second-order valence-electron chi connectivity index (χ2n) is 5.42. The summed E-state index contributed by atoms with van der Waals surface area (Å²) in [7, 11) is -3.18. The molecule has 5 heteroatoms. The van der Waals surface area contributed by atoms with Crippen molar-refractivity contribution in [2.45, 2.75) is 58.1 Å². The number of sulfonamides is 1. The van der Waals surface area contributed by atoms with Crippen molar-refractivity contribution >= 4 is 10.0 Å². The Morgan fingerprint density at radius 1 is 1.17 bits per heavy atom. The van der Waals surface area contributed by atoms with Gasteiger partial charge in [-0.25, -0.2) is 12.7 Å². The van der Waals surface area contributed by atoms with Crippen LogP contribution in [0.3, 0.4) is 0 Å². The number of piperidine rings is 1. The van der Waals surface area contributed by atoms with E-state index in [1.54, 1.807) is 4.31 Å². The van der Waals surface area contributed by atoms with Crippen molar-refractivity contribution in [2.75, 3.05) is 19.6 Å². The number of rotatable bonds is 6. The summed E-state index contributed by atoms with van der Waals surface area (Å²) in [4.78, 5) is 0. The molecule has 0 aromatic carbocycles. The summed E-state index contributed by atoms with van der Waals surface area (Å²) < 4.78 is 26.4. The van der Waals surface area contributed by atoms with Crippen LogP contribution in [0.1, 0.15) is 52.9 Å². The molecule has 0 amide bonds. The van der Waals surface area contributed by atoms with Crippen LogP contribution in [0, 0.1) is 5.41 Å². The van der Waals surface area contributed by atoms with Crippen LogP contribution < -0.4 is 5.73 Å². The highest BCUT2D eigenvalue weighted by molar-refractivity contribution is 7.89. The molecule has 0 radical (unpaired) electrons. The molecule has 0 spiro atoms. The van der Waals surface area contributed by atoms with E-state index < -0.39 is 15.3 Å². The fourth-order valence-electron chi connectivity index (χ4n) is 2.88. The van der Waals surface area contributed by atoms with E-state index in [0.717, 1.165) is 25.7 Å². The molecule has 0 aliphatic carbocycles. The highest BCUT2D eigenvalue weighted by atomic mass is 32.2. The van der Waals surface area contributed by atoms with Gasteiger partial charge < -0.3 is 5.73 Å². The lowest BCUT2D eigenvalue weighted by Crippen LogP contribution is -2.47. The van der Waals surface area contributed by atoms with Crippen LogP contribution in [0.4, 0.5) is 0 Å². The Kier molecular flexibility index (Phi) is 5.62. The van der Waals surface area contributed by atoms with E-state index in [0.29, 0.717) is 24.9 Å². The zero-order valence-electron chi connectivity index (χ0n) is 12.0. The number of hydrogen-bond acceptors (Lipinski definition) is 3. The maximum Gasteiger partial charge on any atom is 0.218 e. The zero-order valence-corrected chi connectivity index (χ0v) is 12.8. The molecule has 0 aromatic rings. The van der Waals surface area contributed by atoms with Crippen molar-refractivity contribution < 1.29 is 8.42 Å². The molecular formula is C13H28N2O2S. The van der Waals surface area contributed by atoms with Gasteiger partial charge >= 0.3 is 0 Å². The lowest BCUT2D eigenvalue weighted by molar-refractivity contribution is 0.141. The monoisotopic (exact) mass is 276 g/mol. The Bertz CT molecular complexity index is 336. The Labute approximate surface area is 112 Å². The lowest BCUT2D eigenvalue weighted by atomic mass is 9.75. The van der Waals surface area contributed by atoms with Crippen molar-refractivity contribution in [1.29, 1.82) is 0 Å². The molecular weight excluding hydrogens is 248 g/mol. The van der Waals surface area contributed by atoms with E-state index in [1.165, 1.54) is 0 Å². The molecule has 1 saturated heterocycles. The van der Waals surface area contributed by atoms with Gasteiger partial charge in [0.15, 0.2) is 0 Å². The smallest absolute Gasteiger partial charge is 0.218 e. The van der Waals surface area contributed by atoms with Gasteiger partial charge in [-0.2, -0.15) is 0 Å². The van der Waals surface area contributed by atoms with Crippen LogP contribution in [0.5, 0.6) is 0 Å². The number of nitrogens with zero attached hydrogens (tertiary/aromatic N) is 1. The third kappa shape index (κ3) is 3.06. The first-order chi connectivity index (χ1) is 8.45. The summed E-state index contributed by atoms with van der Waals surface area (Å²) >= 11 is 0. The molecule has 1 aliphatic heterocycles. The molecule has 1 rings (SSSR count). The topological polar surface area (TPSA) is 63.4 Å². The SMILES string of the molecule is CCC(CN)S(=O)(=O)N1CCC(CC)(CC)CC1. The van der Waals surface area contributed by atoms with Gasteiger partial charge in [0.25, 0.3) is 0 Å². The Hall–Kier alpha value is -0.130. The standard InChI is InChI=1S/C13H28N2O2S/c1-4-12(11-14)18(16,17)15-9-7-13(5-2,6-3)8-10-15/h12H,4-11,14H2,1-3H3. The third-order valence-corrected chi connectivity index (χ3v) is 7.24. The van der Waals surface area contributed by atoms with Gasteiger partial charge in [0, 0.05) is 19.6 Å². The molecule has 1 unspecified atom stereocenters. The van der Waals surface area contributed by atoms with Crippen molar-refractivity contribution in [3.63, 3.8) is 0 Å². The average Bonchev–Trinajstić information content (AvgIpc) is 2.40. The molecule has 2 N–H and O–H groups in total. The van der Waals surface area contributed by atoms with Gasteiger partial charge in [-0.05, 0) is 24.7 Å². The van der Waals surface area contributed by atoms with Crippen LogP contribution in [0.2, 0.25) is 0 Å². The van der Waals surface area contributed by atoms with Gasteiger partial charge in [-0.1, -0.05) is 33.6 Å². The predicted molar refractivity (Wildman–Crippen MR) is 75.9 cm³/mol. The summed E-state index contributed by atoms with van der Waals surface area (Å²) in [5.41, 5.74) is 5.93. The van der Waals surface area contributed by atoms with Crippen LogP contribution in [0.15, 0.2) is 0 Å². The molecule has 0 bridgehead atoms. The molecule has 18 heavy (non-hydrogen) atoms. The molecule has 1 atom stereocenters. The Morgan fingerprint density at radius 2 is 1.67 bits per heavy atom. The lowest BCUT2D eigenvalue weighted by Gasteiger charge is -2.41. The quantitative estimate of drug-likeness (QED) is 0.806. The summed E-state index contributed by atoms with van der Waals surface area (Å²) in [6.45, 7) is 7.87. The van der Waals surface area contributed by atoms with E-state index in [9.17, 15) is 8.42 Å². The Morgan fingerprint density at radius 3 is 2.00 bits per heavy atom. The van der Waals surface area contributed by atoms with Crippen molar-refractivity contribution in [1.82, 2.24) is 4.31 Å². The van der Waals surface area contributed by atoms with Crippen LogP contribution in [-0.4, -0.2) is 37.6 Å². The highest BCUT2D eigenvalue weighted by Crippen LogP contribution is 2.38. The van der Waals surface area contributed by atoms with E-state index in [2.05, 4.69) is 13.8 Å². The molecule has 1 aliphatic rings. The third-order valence-electron chi connectivity index (χ3n) is 4.78. The molecule has 1 heterocycles. The maximum absolute atomic E-state index is 12.4. The van der Waals surface area contributed by atoms with Crippen molar-refractivity contribution in [3.05, 3.63) is 0 Å². The van der Waals surface area contributed by atoms with Gasteiger partial charge in [0.2, 0.25) is 10.0 Å². The fraction of sp³-hybridized carbons (Fsp3) is 1.00. The Balaban J connectivity index is 2.73. The van der Waals surface area contributed by atoms with E-state index in [-0.39, 0.29) is 6.54 Å². The largest absolute Gasteiger partial charge is 0.329 e. The van der Waals surface area contributed by atoms with Gasteiger partial charge in [-0.15, -0.1) is 0 Å². The minimum atomic E-state index is -3.18. The summed E-state index contributed by atoms with van der Waals surface area (Å²) in [5, 5.41) is -0.409.